The van der Waals surface area contributed by atoms with E-state index in [-0.39, 0.29) is 6.04 Å². The highest BCUT2D eigenvalue weighted by Crippen LogP contribution is 2.09. The molecule has 0 saturated carbocycles. The van der Waals surface area contributed by atoms with E-state index in [0.29, 0.717) is 6.61 Å². The zero-order valence-corrected chi connectivity index (χ0v) is 7.45. The number of methoxy groups -OCH3 is 1. The molecule has 3 nitrogen and oxygen atoms in total. The van der Waals surface area contributed by atoms with Crippen LogP contribution in [0.15, 0.2) is 18.5 Å². The van der Waals surface area contributed by atoms with Gasteiger partial charge in [0.05, 0.1) is 12.6 Å². The first-order chi connectivity index (χ1) is 5.74. The predicted octanol–water partition coefficient (Wildman–Crippen LogP) is 1.04. The molecule has 1 rings (SSSR count). The summed E-state index contributed by atoms with van der Waals surface area (Å²) < 4.78 is 4.95. The van der Waals surface area contributed by atoms with Crippen LogP contribution in [-0.2, 0) is 4.74 Å². The maximum Gasteiger partial charge on any atom is 0.0656 e. The summed E-state index contributed by atoms with van der Waals surface area (Å²) in [6, 6.07) is 1.96. The van der Waals surface area contributed by atoms with E-state index in [4.69, 9.17) is 10.5 Å². The lowest BCUT2D eigenvalue weighted by molar-refractivity contribution is 0.181. The van der Waals surface area contributed by atoms with Gasteiger partial charge in [0, 0.05) is 19.5 Å². The summed E-state index contributed by atoms with van der Waals surface area (Å²) in [5.41, 5.74) is 7.96. The molecule has 0 aliphatic carbocycles. The minimum Gasteiger partial charge on any atom is -0.383 e. The molecule has 0 aliphatic rings. The second-order valence-electron chi connectivity index (χ2n) is 2.86. The monoisotopic (exact) mass is 166 g/mol. The van der Waals surface area contributed by atoms with Gasteiger partial charge < -0.3 is 10.5 Å². The molecule has 0 saturated heterocycles. The Labute approximate surface area is 72.6 Å². The van der Waals surface area contributed by atoms with Gasteiger partial charge in [0.1, 0.15) is 0 Å². The minimum atomic E-state index is -0.0672. The van der Waals surface area contributed by atoms with Crippen molar-refractivity contribution in [1.29, 1.82) is 0 Å². The molecular weight excluding hydrogens is 152 g/mol. The Morgan fingerprint density at radius 2 is 2.33 bits per heavy atom. The van der Waals surface area contributed by atoms with Gasteiger partial charge >= 0.3 is 0 Å². The van der Waals surface area contributed by atoms with E-state index < -0.39 is 0 Å². The Morgan fingerprint density at radius 1 is 1.58 bits per heavy atom. The molecule has 1 aromatic rings. The molecule has 1 heterocycles. The van der Waals surface area contributed by atoms with E-state index in [0.717, 1.165) is 11.1 Å². The van der Waals surface area contributed by atoms with E-state index in [2.05, 4.69) is 4.98 Å². The lowest BCUT2D eigenvalue weighted by Crippen LogP contribution is -2.16. The van der Waals surface area contributed by atoms with Gasteiger partial charge in [-0.05, 0) is 18.1 Å². The summed E-state index contributed by atoms with van der Waals surface area (Å²) in [5, 5.41) is 0. The van der Waals surface area contributed by atoms with Gasteiger partial charge in [0.25, 0.3) is 0 Å². The molecule has 66 valence electrons. The van der Waals surface area contributed by atoms with Gasteiger partial charge in [-0.3, -0.25) is 4.98 Å². The predicted molar refractivity (Wildman–Crippen MR) is 47.8 cm³/mol. The molecule has 1 aromatic heterocycles. The highest BCUT2D eigenvalue weighted by Gasteiger charge is 2.04. The normalized spacial score (nSPS) is 12.9. The maximum atomic E-state index is 5.81. The highest BCUT2D eigenvalue weighted by molar-refractivity contribution is 5.19. The molecule has 0 radical (unpaired) electrons. The number of ether oxygens (including phenoxy) is 1. The first-order valence-corrected chi connectivity index (χ1v) is 3.90. The lowest BCUT2D eigenvalue weighted by Gasteiger charge is -2.10. The van der Waals surface area contributed by atoms with Gasteiger partial charge in [-0.25, -0.2) is 0 Å². The van der Waals surface area contributed by atoms with Crippen molar-refractivity contribution >= 4 is 0 Å². The fourth-order valence-electron chi connectivity index (χ4n) is 1.06. The molecule has 3 heteroatoms. The van der Waals surface area contributed by atoms with E-state index in [1.54, 1.807) is 13.3 Å². The van der Waals surface area contributed by atoms with Crippen LogP contribution in [0.4, 0.5) is 0 Å². The maximum absolute atomic E-state index is 5.81. The number of aryl methyl sites for hydroxylation is 1. The van der Waals surface area contributed by atoms with Crippen molar-refractivity contribution in [2.24, 2.45) is 5.73 Å². The van der Waals surface area contributed by atoms with Crippen molar-refractivity contribution in [3.63, 3.8) is 0 Å². The van der Waals surface area contributed by atoms with Gasteiger partial charge in [0.2, 0.25) is 0 Å². The van der Waals surface area contributed by atoms with E-state index >= 15 is 0 Å². The Hall–Kier alpha value is -0.930. The average Bonchev–Trinajstić information content (AvgIpc) is 2.05. The molecule has 0 unspecified atom stereocenters. The van der Waals surface area contributed by atoms with Crippen LogP contribution in [0.5, 0.6) is 0 Å². The summed E-state index contributed by atoms with van der Waals surface area (Å²) in [6.45, 7) is 2.53. The van der Waals surface area contributed by atoms with Crippen molar-refractivity contribution in [2.45, 2.75) is 13.0 Å². The van der Waals surface area contributed by atoms with E-state index in [1.165, 1.54) is 0 Å². The number of nitrogens with zero attached hydrogens (tertiary/aromatic N) is 1. The molecule has 0 amide bonds. The van der Waals surface area contributed by atoms with Crippen LogP contribution in [0.3, 0.4) is 0 Å². The number of hydrogen-bond acceptors (Lipinski definition) is 3. The number of hydrogen-bond donors (Lipinski definition) is 1. The zero-order chi connectivity index (χ0) is 8.97. The fourth-order valence-corrected chi connectivity index (χ4v) is 1.06. The highest BCUT2D eigenvalue weighted by atomic mass is 16.5. The SMILES string of the molecule is COC[C@H](N)c1cncc(C)c1. The summed E-state index contributed by atoms with van der Waals surface area (Å²) >= 11 is 0. The number of pyridine rings is 1. The van der Waals surface area contributed by atoms with E-state index in [1.807, 2.05) is 19.2 Å². The molecule has 0 spiro atoms. The molecule has 0 aliphatic heterocycles. The van der Waals surface area contributed by atoms with Crippen LogP contribution in [0.1, 0.15) is 17.2 Å². The Morgan fingerprint density at radius 3 is 2.92 bits per heavy atom. The van der Waals surface area contributed by atoms with Crippen LogP contribution >= 0.6 is 0 Å². The summed E-state index contributed by atoms with van der Waals surface area (Å²) in [7, 11) is 1.64. The Bertz CT molecular complexity index is 250. The molecule has 1 atom stereocenters. The first kappa shape index (κ1) is 9.16. The second-order valence-corrected chi connectivity index (χ2v) is 2.86. The lowest BCUT2D eigenvalue weighted by atomic mass is 10.1. The first-order valence-electron chi connectivity index (χ1n) is 3.90. The largest absolute Gasteiger partial charge is 0.383 e. The molecule has 0 bridgehead atoms. The fraction of sp³-hybridized carbons (Fsp3) is 0.444. The van der Waals surface area contributed by atoms with E-state index in [9.17, 15) is 0 Å². The minimum absolute atomic E-state index is 0.0672. The smallest absolute Gasteiger partial charge is 0.0656 e. The third-order valence-corrected chi connectivity index (χ3v) is 1.67. The molecular formula is C9H14N2O. The second kappa shape index (κ2) is 4.18. The van der Waals surface area contributed by atoms with Crippen molar-refractivity contribution in [1.82, 2.24) is 4.98 Å². The van der Waals surface area contributed by atoms with Crippen molar-refractivity contribution in [2.75, 3.05) is 13.7 Å². The number of rotatable bonds is 3. The average molecular weight is 166 g/mol. The van der Waals surface area contributed by atoms with Crippen LogP contribution < -0.4 is 5.73 Å². The van der Waals surface area contributed by atoms with Crippen LogP contribution in [-0.4, -0.2) is 18.7 Å². The molecule has 2 N–H and O–H groups in total. The standard InChI is InChI=1S/C9H14N2O/c1-7-3-8(5-11-4-7)9(10)6-12-2/h3-5,9H,6,10H2,1-2H3/t9-/m0/s1. The van der Waals surface area contributed by atoms with Gasteiger partial charge in [0.15, 0.2) is 0 Å². The third-order valence-electron chi connectivity index (χ3n) is 1.67. The topological polar surface area (TPSA) is 48.1 Å². The number of nitrogens with two attached hydrogens (primary N) is 1. The van der Waals surface area contributed by atoms with Crippen molar-refractivity contribution < 1.29 is 4.74 Å². The van der Waals surface area contributed by atoms with Crippen LogP contribution in [0, 0.1) is 6.92 Å². The zero-order valence-electron chi connectivity index (χ0n) is 7.45. The van der Waals surface area contributed by atoms with Crippen molar-refractivity contribution in [3.05, 3.63) is 29.6 Å². The molecule has 0 fully saturated rings. The third kappa shape index (κ3) is 2.29. The van der Waals surface area contributed by atoms with Crippen LogP contribution in [0.25, 0.3) is 0 Å². The summed E-state index contributed by atoms with van der Waals surface area (Å²) in [5.74, 6) is 0. The quantitative estimate of drug-likeness (QED) is 0.729. The molecule has 0 aromatic carbocycles. The Kier molecular flexibility index (Phi) is 3.19. The number of aromatic nitrogens is 1. The summed E-state index contributed by atoms with van der Waals surface area (Å²) in [4.78, 5) is 4.05. The van der Waals surface area contributed by atoms with Crippen molar-refractivity contribution in [3.8, 4) is 0 Å². The van der Waals surface area contributed by atoms with Crippen LogP contribution in [0.2, 0.25) is 0 Å². The summed E-state index contributed by atoms with van der Waals surface area (Å²) in [6.07, 6.45) is 3.58. The Balaban J connectivity index is 2.73. The van der Waals surface area contributed by atoms with Gasteiger partial charge in [-0.15, -0.1) is 0 Å². The van der Waals surface area contributed by atoms with Gasteiger partial charge in [-0.1, -0.05) is 6.07 Å². The molecule has 12 heavy (non-hydrogen) atoms. The van der Waals surface area contributed by atoms with Gasteiger partial charge in [-0.2, -0.15) is 0 Å².